The molecule has 1 amide bonds. The third-order valence-corrected chi connectivity index (χ3v) is 4.79. The number of aromatic nitrogens is 3. The summed E-state index contributed by atoms with van der Waals surface area (Å²) in [5, 5.41) is 19.0. The van der Waals surface area contributed by atoms with Gasteiger partial charge in [-0.2, -0.15) is 15.0 Å². The Morgan fingerprint density at radius 2 is 1.96 bits per heavy atom. The molecule has 144 valence electrons. The van der Waals surface area contributed by atoms with Crippen LogP contribution in [0.2, 0.25) is 0 Å². The minimum atomic E-state index is -0.0613. The van der Waals surface area contributed by atoms with Gasteiger partial charge < -0.3 is 21.1 Å². The number of anilines is 2. The number of para-hydroxylation sites is 1. The molecular weight excluding hydrogens is 344 g/mol. The number of carbonyl (C=O) groups excluding carboxylic acids is 1. The molecule has 0 saturated heterocycles. The molecule has 0 radical (unpaired) electrons. The van der Waals surface area contributed by atoms with Crippen molar-refractivity contribution in [1.29, 1.82) is 0 Å². The number of phenols is 1. The number of hydrogen-bond donors (Lipinski definition) is 4. The molecule has 1 saturated carbocycles. The van der Waals surface area contributed by atoms with Crippen LogP contribution in [0.15, 0.2) is 24.3 Å². The van der Waals surface area contributed by atoms with E-state index in [0.717, 1.165) is 31.2 Å². The molecule has 4 N–H and O–H groups in total. The number of amides is 1. The normalized spacial score (nSPS) is 19.3. The minimum Gasteiger partial charge on any atom is -0.508 e. The van der Waals surface area contributed by atoms with Gasteiger partial charge in [-0.05, 0) is 32.3 Å². The first-order chi connectivity index (χ1) is 13.0. The van der Waals surface area contributed by atoms with Crippen LogP contribution in [0.4, 0.5) is 11.9 Å². The van der Waals surface area contributed by atoms with Gasteiger partial charge in [0.25, 0.3) is 0 Å². The maximum Gasteiger partial charge on any atom is 0.227 e. The third kappa shape index (κ3) is 5.06. The van der Waals surface area contributed by atoms with Crippen molar-refractivity contribution in [3.8, 4) is 5.75 Å². The largest absolute Gasteiger partial charge is 0.508 e. The standard InChI is InChI=1S/C19H26N6O2/c1-12-22-18(20-2)25-19(23-12)24-15-8-5-7-13(10-15)17(27)21-11-14-6-3-4-9-16(14)26/h3-4,6,9,13,15,26H,5,7-8,10-11H2,1-2H3,(H,21,27)(H2,20,22,23,24,25)/t13-,15+/m0/s1. The fraction of sp³-hybridized carbons (Fsp3) is 0.474. The average molecular weight is 370 g/mol. The second-order valence-electron chi connectivity index (χ2n) is 6.83. The number of benzene rings is 1. The highest BCUT2D eigenvalue weighted by Crippen LogP contribution is 2.27. The summed E-state index contributed by atoms with van der Waals surface area (Å²) in [4.78, 5) is 25.4. The summed E-state index contributed by atoms with van der Waals surface area (Å²) >= 11 is 0. The van der Waals surface area contributed by atoms with Crippen LogP contribution in [0.1, 0.15) is 37.1 Å². The molecule has 1 aliphatic rings. The Balaban J connectivity index is 1.56. The predicted octanol–water partition coefficient (Wildman–Crippen LogP) is 2.21. The first-order valence-electron chi connectivity index (χ1n) is 9.26. The number of phenolic OH excluding ortho intramolecular Hbond substituents is 1. The summed E-state index contributed by atoms with van der Waals surface area (Å²) in [5.41, 5.74) is 0.719. The molecule has 3 rings (SSSR count). The van der Waals surface area contributed by atoms with E-state index >= 15 is 0 Å². The number of carbonyl (C=O) groups is 1. The second kappa shape index (κ2) is 8.66. The molecule has 8 heteroatoms. The van der Waals surface area contributed by atoms with E-state index in [1.165, 1.54) is 0 Å². The fourth-order valence-electron chi connectivity index (χ4n) is 3.39. The van der Waals surface area contributed by atoms with Gasteiger partial charge in [-0.3, -0.25) is 4.79 Å². The van der Waals surface area contributed by atoms with E-state index in [4.69, 9.17) is 0 Å². The quantitative estimate of drug-likeness (QED) is 0.617. The second-order valence-corrected chi connectivity index (χ2v) is 6.83. The number of aromatic hydroxyl groups is 1. The number of nitrogens with one attached hydrogen (secondary N) is 3. The van der Waals surface area contributed by atoms with E-state index in [1.807, 2.05) is 19.1 Å². The molecule has 1 fully saturated rings. The molecule has 0 unspecified atom stereocenters. The summed E-state index contributed by atoms with van der Waals surface area (Å²) in [6, 6.07) is 7.19. The zero-order chi connectivity index (χ0) is 19.2. The van der Waals surface area contributed by atoms with E-state index in [-0.39, 0.29) is 23.6 Å². The Hall–Kier alpha value is -2.90. The highest BCUT2D eigenvalue weighted by molar-refractivity contribution is 5.78. The van der Waals surface area contributed by atoms with Crippen molar-refractivity contribution in [2.24, 2.45) is 5.92 Å². The molecule has 27 heavy (non-hydrogen) atoms. The molecule has 8 nitrogen and oxygen atoms in total. The number of hydrogen-bond acceptors (Lipinski definition) is 7. The van der Waals surface area contributed by atoms with Crippen LogP contribution in [0.3, 0.4) is 0 Å². The zero-order valence-corrected chi connectivity index (χ0v) is 15.7. The number of rotatable bonds is 6. The van der Waals surface area contributed by atoms with Crippen molar-refractivity contribution in [3.05, 3.63) is 35.7 Å². The summed E-state index contributed by atoms with van der Waals surface area (Å²) in [6.45, 7) is 2.15. The lowest BCUT2D eigenvalue weighted by molar-refractivity contribution is -0.126. The van der Waals surface area contributed by atoms with Crippen molar-refractivity contribution in [1.82, 2.24) is 20.3 Å². The SMILES string of the molecule is CNc1nc(C)nc(N[C@@H]2CCC[C@H](C(=O)NCc3ccccc3O)C2)n1. The lowest BCUT2D eigenvalue weighted by atomic mass is 9.85. The fourth-order valence-corrected chi connectivity index (χ4v) is 3.39. The van der Waals surface area contributed by atoms with Gasteiger partial charge in [0.1, 0.15) is 11.6 Å². The van der Waals surface area contributed by atoms with Gasteiger partial charge in [0.15, 0.2) is 0 Å². The molecular formula is C19H26N6O2. The molecule has 0 spiro atoms. The third-order valence-electron chi connectivity index (χ3n) is 4.79. The molecule has 1 aromatic carbocycles. The smallest absolute Gasteiger partial charge is 0.227 e. The van der Waals surface area contributed by atoms with Crippen LogP contribution in [-0.4, -0.2) is 39.1 Å². The first-order valence-corrected chi connectivity index (χ1v) is 9.26. The monoisotopic (exact) mass is 370 g/mol. The number of nitrogens with zero attached hydrogens (tertiary/aromatic N) is 3. The van der Waals surface area contributed by atoms with E-state index in [0.29, 0.717) is 24.3 Å². The molecule has 1 aromatic heterocycles. The van der Waals surface area contributed by atoms with Gasteiger partial charge in [0.2, 0.25) is 17.8 Å². The predicted molar refractivity (Wildman–Crippen MR) is 103 cm³/mol. The zero-order valence-electron chi connectivity index (χ0n) is 15.7. The van der Waals surface area contributed by atoms with Crippen molar-refractivity contribution in [2.45, 2.75) is 45.2 Å². The van der Waals surface area contributed by atoms with Crippen molar-refractivity contribution >= 4 is 17.8 Å². The van der Waals surface area contributed by atoms with E-state index in [9.17, 15) is 9.90 Å². The molecule has 0 bridgehead atoms. The van der Waals surface area contributed by atoms with Crippen LogP contribution >= 0.6 is 0 Å². The first kappa shape index (κ1) is 18.9. The molecule has 1 aliphatic carbocycles. The lowest BCUT2D eigenvalue weighted by Gasteiger charge is -2.29. The van der Waals surface area contributed by atoms with Gasteiger partial charge in [-0.1, -0.05) is 24.6 Å². The van der Waals surface area contributed by atoms with Crippen LogP contribution in [0.5, 0.6) is 5.75 Å². The molecule has 2 aromatic rings. The lowest BCUT2D eigenvalue weighted by Crippen LogP contribution is -2.37. The van der Waals surface area contributed by atoms with Crippen molar-refractivity contribution < 1.29 is 9.90 Å². The van der Waals surface area contributed by atoms with Crippen LogP contribution < -0.4 is 16.0 Å². The van der Waals surface area contributed by atoms with E-state index in [2.05, 4.69) is 30.9 Å². The summed E-state index contributed by atoms with van der Waals surface area (Å²) in [7, 11) is 1.77. The Kier molecular flexibility index (Phi) is 6.05. The molecule has 2 atom stereocenters. The maximum absolute atomic E-state index is 12.6. The Morgan fingerprint density at radius 3 is 2.74 bits per heavy atom. The van der Waals surface area contributed by atoms with Gasteiger partial charge in [0.05, 0.1) is 0 Å². The van der Waals surface area contributed by atoms with Crippen molar-refractivity contribution in [2.75, 3.05) is 17.7 Å². The Labute approximate surface area is 158 Å². The van der Waals surface area contributed by atoms with E-state index < -0.39 is 0 Å². The summed E-state index contributed by atoms with van der Waals surface area (Å²) in [6.07, 6.45) is 3.53. The van der Waals surface area contributed by atoms with Crippen LogP contribution in [-0.2, 0) is 11.3 Å². The highest BCUT2D eigenvalue weighted by atomic mass is 16.3. The minimum absolute atomic E-state index is 0.0208. The van der Waals surface area contributed by atoms with Gasteiger partial charge in [-0.25, -0.2) is 0 Å². The Bertz CT molecular complexity index is 798. The average Bonchev–Trinajstić information content (AvgIpc) is 2.67. The highest BCUT2D eigenvalue weighted by Gasteiger charge is 2.27. The Morgan fingerprint density at radius 1 is 1.19 bits per heavy atom. The van der Waals surface area contributed by atoms with Gasteiger partial charge in [-0.15, -0.1) is 0 Å². The topological polar surface area (TPSA) is 112 Å². The van der Waals surface area contributed by atoms with Crippen LogP contribution in [0, 0.1) is 12.8 Å². The van der Waals surface area contributed by atoms with Crippen LogP contribution in [0.25, 0.3) is 0 Å². The van der Waals surface area contributed by atoms with E-state index in [1.54, 1.807) is 19.2 Å². The molecule has 0 aliphatic heterocycles. The summed E-state index contributed by atoms with van der Waals surface area (Å²) < 4.78 is 0. The van der Waals surface area contributed by atoms with Gasteiger partial charge in [0, 0.05) is 31.1 Å². The number of aryl methyl sites for hydroxylation is 1. The summed E-state index contributed by atoms with van der Waals surface area (Å²) in [5.74, 6) is 1.86. The molecule has 1 heterocycles. The van der Waals surface area contributed by atoms with Gasteiger partial charge >= 0.3 is 0 Å². The maximum atomic E-state index is 12.6. The van der Waals surface area contributed by atoms with Crippen molar-refractivity contribution in [3.63, 3.8) is 0 Å².